The van der Waals surface area contributed by atoms with Crippen molar-refractivity contribution in [3.05, 3.63) is 54.7 Å². The molecule has 2 amide bonds. The molecule has 11 heteroatoms. The second kappa shape index (κ2) is 11.0. The van der Waals surface area contributed by atoms with E-state index in [1.165, 1.54) is 11.8 Å². The smallest absolute Gasteiger partial charge is 0.409 e. The number of fused-ring (bicyclic) bond motifs is 1. The topological polar surface area (TPSA) is 106 Å². The Morgan fingerprint density at radius 3 is 2.46 bits per heavy atom. The Morgan fingerprint density at radius 1 is 1.00 bits per heavy atom. The van der Waals surface area contributed by atoms with Crippen molar-refractivity contribution < 1.29 is 19.1 Å². The van der Waals surface area contributed by atoms with E-state index in [1.54, 1.807) is 23.8 Å². The first-order chi connectivity index (χ1) is 18.1. The third kappa shape index (κ3) is 5.12. The van der Waals surface area contributed by atoms with Crippen molar-refractivity contribution >= 4 is 34.7 Å². The van der Waals surface area contributed by atoms with E-state index in [0.717, 1.165) is 27.9 Å². The quantitative estimate of drug-likeness (QED) is 0.369. The number of piperazine rings is 1. The fourth-order valence-electron chi connectivity index (χ4n) is 4.33. The maximum atomic E-state index is 13.0. The second-order valence-electron chi connectivity index (χ2n) is 8.44. The van der Waals surface area contributed by atoms with Crippen LogP contribution < -0.4 is 4.74 Å². The van der Waals surface area contributed by atoms with E-state index in [2.05, 4.69) is 15.2 Å². The Balaban J connectivity index is 1.37. The number of para-hydroxylation sites is 1. The maximum absolute atomic E-state index is 13.0. The molecule has 0 saturated carbocycles. The Morgan fingerprint density at radius 2 is 1.73 bits per heavy atom. The lowest BCUT2D eigenvalue weighted by Crippen LogP contribution is -2.51. The van der Waals surface area contributed by atoms with Gasteiger partial charge in [0.2, 0.25) is 5.91 Å². The van der Waals surface area contributed by atoms with Crippen LogP contribution >= 0.6 is 11.8 Å². The fourth-order valence-corrected chi connectivity index (χ4v) is 5.18. The lowest BCUT2D eigenvalue weighted by Gasteiger charge is -2.34. The first-order valence-corrected chi connectivity index (χ1v) is 13.1. The lowest BCUT2D eigenvalue weighted by atomic mass is 10.1. The molecule has 0 unspecified atom stereocenters. The number of rotatable bonds is 7. The van der Waals surface area contributed by atoms with Crippen molar-refractivity contribution in [3.63, 3.8) is 0 Å². The van der Waals surface area contributed by atoms with Crippen LogP contribution in [-0.2, 0) is 9.53 Å². The molecule has 1 fully saturated rings. The Bertz CT molecular complexity index is 1390. The number of ether oxygens (including phenoxy) is 2. The minimum Gasteiger partial charge on any atom is -0.497 e. The van der Waals surface area contributed by atoms with Gasteiger partial charge < -0.3 is 24.3 Å². The third-order valence-corrected chi connectivity index (χ3v) is 7.19. The normalized spacial score (nSPS) is 13.7. The van der Waals surface area contributed by atoms with Gasteiger partial charge >= 0.3 is 6.09 Å². The Hall–Kier alpha value is -3.99. The van der Waals surface area contributed by atoms with E-state index in [9.17, 15) is 9.59 Å². The highest BCUT2D eigenvalue weighted by molar-refractivity contribution is 7.99. The number of aromatic amines is 1. The summed E-state index contributed by atoms with van der Waals surface area (Å²) in [6.45, 7) is 3.99. The molecule has 2 aromatic heterocycles. The molecule has 0 radical (unpaired) electrons. The zero-order valence-electron chi connectivity index (χ0n) is 20.7. The fraction of sp³-hybridized carbons (Fsp3) is 0.308. The minimum absolute atomic E-state index is 0.00793. The second-order valence-corrected chi connectivity index (χ2v) is 9.39. The van der Waals surface area contributed by atoms with E-state index in [4.69, 9.17) is 9.47 Å². The van der Waals surface area contributed by atoms with Crippen molar-refractivity contribution in [1.29, 1.82) is 0 Å². The molecule has 2 aromatic carbocycles. The molecule has 0 aliphatic carbocycles. The van der Waals surface area contributed by atoms with Crippen molar-refractivity contribution in [2.75, 3.05) is 45.6 Å². The number of methoxy groups -OCH3 is 1. The number of thioether (sulfide) groups is 1. The minimum atomic E-state index is -0.332. The van der Waals surface area contributed by atoms with Crippen molar-refractivity contribution in [1.82, 2.24) is 29.5 Å². The summed E-state index contributed by atoms with van der Waals surface area (Å²) in [6, 6.07) is 15.7. The predicted octanol–water partition coefficient (Wildman–Crippen LogP) is 3.82. The molecular weight excluding hydrogens is 492 g/mol. The third-order valence-electron chi connectivity index (χ3n) is 6.28. The van der Waals surface area contributed by atoms with Gasteiger partial charge in [-0.1, -0.05) is 30.0 Å². The van der Waals surface area contributed by atoms with Gasteiger partial charge in [0.15, 0.2) is 11.0 Å². The zero-order chi connectivity index (χ0) is 25.8. The van der Waals surface area contributed by atoms with Crippen molar-refractivity contribution in [2.24, 2.45) is 0 Å². The molecule has 4 aromatic rings. The first-order valence-electron chi connectivity index (χ1n) is 12.1. The summed E-state index contributed by atoms with van der Waals surface area (Å²) >= 11 is 1.34. The number of hydrogen-bond donors (Lipinski definition) is 1. The summed E-state index contributed by atoms with van der Waals surface area (Å²) in [4.78, 5) is 31.7. The van der Waals surface area contributed by atoms with Crippen LogP contribution in [0.15, 0.2) is 59.9 Å². The van der Waals surface area contributed by atoms with Gasteiger partial charge in [0, 0.05) is 54.5 Å². The predicted molar refractivity (Wildman–Crippen MR) is 141 cm³/mol. The van der Waals surface area contributed by atoms with Crippen LogP contribution in [0.1, 0.15) is 6.92 Å². The van der Waals surface area contributed by atoms with Gasteiger partial charge in [-0.05, 0) is 37.3 Å². The van der Waals surface area contributed by atoms with Gasteiger partial charge in [0.05, 0.1) is 19.5 Å². The highest BCUT2D eigenvalue weighted by Crippen LogP contribution is 2.33. The number of amides is 2. The number of H-pyrrole nitrogens is 1. The van der Waals surface area contributed by atoms with Crippen LogP contribution in [0.25, 0.3) is 28.0 Å². The lowest BCUT2D eigenvalue weighted by molar-refractivity contribution is -0.129. The Kier molecular flexibility index (Phi) is 7.31. The van der Waals surface area contributed by atoms with E-state index >= 15 is 0 Å². The molecule has 5 rings (SSSR count). The van der Waals surface area contributed by atoms with Gasteiger partial charge in [0.1, 0.15) is 5.75 Å². The zero-order valence-corrected chi connectivity index (χ0v) is 21.5. The number of aromatic nitrogens is 4. The monoisotopic (exact) mass is 520 g/mol. The molecule has 3 heterocycles. The van der Waals surface area contributed by atoms with Gasteiger partial charge in [-0.15, -0.1) is 10.2 Å². The largest absolute Gasteiger partial charge is 0.497 e. The highest BCUT2D eigenvalue weighted by Gasteiger charge is 2.26. The maximum Gasteiger partial charge on any atom is 0.409 e. The molecule has 0 bridgehead atoms. The summed E-state index contributed by atoms with van der Waals surface area (Å²) in [5.41, 5.74) is 2.80. The van der Waals surface area contributed by atoms with Gasteiger partial charge in [0.25, 0.3) is 0 Å². The molecule has 1 aliphatic heterocycles. The van der Waals surface area contributed by atoms with E-state index in [-0.39, 0.29) is 17.8 Å². The van der Waals surface area contributed by atoms with E-state index in [1.807, 2.05) is 59.3 Å². The molecule has 0 atom stereocenters. The molecule has 1 saturated heterocycles. The summed E-state index contributed by atoms with van der Waals surface area (Å²) in [5.74, 6) is 1.63. The van der Waals surface area contributed by atoms with Crippen LogP contribution in [0.2, 0.25) is 0 Å². The first kappa shape index (κ1) is 24.7. The summed E-state index contributed by atoms with van der Waals surface area (Å²) < 4.78 is 12.4. The summed E-state index contributed by atoms with van der Waals surface area (Å²) in [7, 11) is 1.63. The van der Waals surface area contributed by atoms with Crippen LogP contribution in [0.5, 0.6) is 5.75 Å². The number of carbonyl (C=O) groups is 2. The van der Waals surface area contributed by atoms with E-state index < -0.39 is 0 Å². The van der Waals surface area contributed by atoms with E-state index in [0.29, 0.717) is 43.8 Å². The number of nitrogens with zero attached hydrogens (tertiary/aromatic N) is 5. The summed E-state index contributed by atoms with van der Waals surface area (Å²) in [6.07, 6.45) is 1.60. The van der Waals surface area contributed by atoms with Gasteiger partial charge in [-0.2, -0.15) is 0 Å². The molecule has 37 heavy (non-hydrogen) atoms. The molecular formula is C26H28N6O4S. The van der Waals surface area contributed by atoms with Gasteiger partial charge in [-0.3, -0.25) is 9.36 Å². The number of hydrogen-bond acceptors (Lipinski definition) is 7. The standard InChI is InChI=1S/C26H28N6O4S/c1-3-36-26(34)31-14-12-30(13-15-31)23(33)17-37-25-29-28-24(21-16-27-22-7-5-4-6-20(21)22)32(25)18-8-10-19(35-2)11-9-18/h4-11,16,27H,3,12-15,17H2,1-2H3. The number of carbonyl (C=O) groups excluding carboxylic acids is 2. The molecule has 1 aliphatic rings. The van der Waals surface area contributed by atoms with Gasteiger partial charge in [-0.25, -0.2) is 4.79 Å². The summed E-state index contributed by atoms with van der Waals surface area (Å²) in [5, 5.41) is 10.6. The van der Waals surface area contributed by atoms with Crippen LogP contribution in [-0.4, -0.2) is 87.2 Å². The molecule has 1 N–H and O–H groups in total. The average molecular weight is 521 g/mol. The van der Waals surface area contributed by atoms with Crippen LogP contribution in [0.3, 0.4) is 0 Å². The molecule has 192 valence electrons. The molecule has 10 nitrogen and oxygen atoms in total. The van der Waals surface area contributed by atoms with Crippen molar-refractivity contribution in [2.45, 2.75) is 12.1 Å². The number of benzene rings is 2. The van der Waals surface area contributed by atoms with Crippen LogP contribution in [0.4, 0.5) is 4.79 Å². The van der Waals surface area contributed by atoms with Crippen LogP contribution in [0, 0.1) is 0 Å². The highest BCUT2D eigenvalue weighted by atomic mass is 32.2. The SMILES string of the molecule is CCOC(=O)N1CCN(C(=O)CSc2nnc(-c3c[nH]c4ccccc34)n2-c2ccc(OC)cc2)CC1. The molecule has 0 spiro atoms. The average Bonchev–Trinajstić information content (AvgIpc) is 3.56. The Labute approximate surface area is 218 Å². The number of nitrogens with one attached hydrogen (secondary N) is 1. The van der Waals surface area contributed by atoms with Crippen molar-refractivity contribution in [3.8, 4) is 22.8 Å².